The molecule has 0 spiro atoms. The molecule has 0 aliphatic carbocycles. The summed E-state index contributed by atoms with van der Waals surface area (Å²) in [6.07, 6.45) is 2.88. The van der Waals surface area contributed by atoms with Crippen LogP contribution >= 0.6 is 0 Å². The van der Waals surface area contributed by atoms with Crippen LogP contribution in [0.5, 0.6) is 0 Å². The minimum Gasteiger partial charge on any atom is -0.457 e. The van der Waals surface area contributed by atoms with E-state index in [0.717, 1.165) is 11.1 Å². The third kappa shape index (κ3) is 0.845. The van der Waals surface area contributed by atoms with Gasteiger partial charge in [-0.1, -0.05) is 18.2 Å². The molecule has 1 aromatic carbocycles. The summed E-state index contributed by atoms with van der Waals surface area (Å²) in [5, 5.41) is 2.27. The third-order valence-corrected chi connectivity index (χ3v) is 1.96. The molecule has 1 heteroatoms. The molecule has 0 atom stereocenters. The fraction of sp³-hybridized carbons (Fsp3) is 0.200. The number of aryl methyl sites for hydroxylation is 2. The molecule has 11 heavy (non-hydrogen) atoms. The molecule has 0 bridgehead atoms. The highest BCUT2D eigenvalue weighted by atomic mass is 16.3. The maximum atomic E-state index is 5.17. The van der Waals surface area contributed by atoms with Crippen LogP contribution in [0.25, 0.3) is 10.8 Å². The lowest BCUT2D eigenvalue weighted by Gasteiger charge is -1.91. The van der Waals surface area contributed by atoms with Gasteiger partial charge in [-0.25, -0.2) is 0 Å². The number of fused-ring (bicyclic) bond motifs is 1. The minimum absolute atomic E-state index is 0.948. The van der Waals surface area contributed by atoms with E-state index in [1.54, 1.807) is 0 Å². The zero-order chi connectivity index (χ0) is 7.84. The largest absolute Gasteiger partial charge is 0.457 e. The molecule has 1 radical (unpaired) electrons. The normalized spacial score (nSPS) is 10.7. The SMILES string of the molecule is Cc1cccc2c(C)o[c]c12. The van der Waals surface area contributed by atoms with E-state index in [9.17, 15) is 0 Å². The summed E-state index contributed by atoms with van der Waals surface area (Å²) in [5.74, 6) is 0.948. The summed E-state index contributed by atoms with van der Waals surface area (Å²) >= 11 is 0. The Kier molecular flexibility index (Phi) is 1.25. The van der Waals surface area contributed by atoms with Crippen LogP contribution in [0, 0.1) is 20.1 Å². The highest BCUT2D eigenvalue weighted by molar-refractivity contribution is 5.86. The van der Waals surface area contributed by atoms with Crippen molar-refractivity contribution in [2.24, 2.45) is 0 Å². The Morgan fingerprint density at radius 2 is 2.09 bits per heavy atom. The van der Waals surface area contributed by atoms with Crippen molar-refractivity contribution in [3.63, 3.8) is 0 Å². The van der Waals surface area contributed by atoms with Gasteiger partial charge in [0.25, 0.3) is 0 Å². The number of benzene rings is 1. The van der Waals surface area contributed by atoms with Crippen LogP contribution in [0.3, 0.4) is 0 Å². The van der Waals surface area contributed by atoms with E-state index >= 15 is 0 Å². The lowest BCUT2D eigenvalue weighted by atomic mass is 10.1. The summed E-state index contributed by atoms with van der Waals surface area (Å²) in [7, 11) is 0. The maximum absolute atomic E-state index is 5.17. The van der Waals surface area contributed by atoms with Gasteiger partial charge >= 0.3 is 0 Å². The van der Waals surface area contributed by atoms with Gasteiger partial charge in [0.1, 0.15) is 5.76 Å². The van der Waals surface area contributed by atoms with Crippen molar-refractivity contribution in [2.45, 2.75) is 13.8 Å². The molecule has 0 amide bonds. The summed E-state index contributed by atoms with van der Waals surface area (Å²) in [6.45, 7) is 4.02. The van der Waals surface area contributed by atoms with E-state index in [1.807, 2.05) is 13.0 Å². The molecule has 0 N–H and O–H groups in total. The molecular formula is C10H9O. The van der Waals surface area contributed by atoms with Crippen molar-refractivity contribution >= 4 is 10.8 Å². The molecule has 0 unspecified atom stereocenters. The lowest BCUT2D eigenvalue weighted by Crippen LogP contribution is -1.72. The lowest BCUT2D eigenvalue weighted by molar-refractivity contribution is 0.531. The first kappa shape index (κ1) is 6.47. The third-order valence-electron chi connectivity index (χ3n) is 1.96. The Labute approximate surface area is 65.6 Å². The molecule has 2 rings (SSSR count). The Balaban J connectivity index is 2.94. The maximum Gasteiger partial charge on any atom is 0.178 e. The van der Waals surface area contributed by atoms with Gasteiger partial charge in [-0.05, 0) is 19.4 Å². The van der Waals surface area contributed by atoms with Crippen LogP contribution in [0.2, 0.25) is 0 Å². The van der Waals surface area contributed by atoms with Crippen LogP contribution in [0.15, 0.2) is 22.6 Å². The van der Waals surface area contributed by atoms with Gasteiger partial charge in [0.2, 0.25) is 0 Å². The van der Waals surface area contributed by atoms with Crippen LogP contribution in [-0.4, -0.2) is 0 Å². The van der Waals surface area contributed by atoms with Gasteiger partial charge in [0, 0.05) is 10.8 Å². The first-order valence-electron chi connectivity index (χ1n) is 3.65. The fourth-order valence-electron chi connectivity index (χ4n) is 1.28. The molecule has 0 aliphatic heterocycles. The zero-order valence-electron chi connectivity index (χ0n) is 6.64. The van der Waals surface area contributed by atoms with E-state index in [-0.39, 0.29) is 0 Å². The fourth-order valence-corrected chi connectivity index (χ4v) is 1.28. The summed E-state index contributed by atoms with van der Waals surface area (Å²) in [6, 6.07) is 6.15. The summed E-state index contributed by atoms with van der Waals surface area (Å²) in [5.41, 5.74) is 1.22. The Bertz CT molecular complexity index is 385. The van der Waals surface area contributed by atoms with Crippen LogP contribution in [-0.2, 0) is 0 Å². The molecule has 1 heterocycles. The zero-order valence-corrected chi connectivity index (χ0v) is 6.64. The van der Waals surface area contributed by atoms with E-state index < -0.39 is 0 Å². The van der Waals surface area contributed by atoms with Crippen molar-refractivity contribution in [1.82, 2.24) is 0 Å². The highest BCUT2D eigenvalue weighted by Gasteiger charge is 2.02. The van der Waals surface area contributed by atoms with Gasteiger partial charge in [-0.3, -0.25) is 0 Å². The summed E-state index contributed by atoms with van der Waals surface area (Å²) < 4.78 is 5.17. The van der Waals surface area contributed by atoms with Gasteiger partial charge in [-0.2, -0.15) is 0 Å². The molecule has 1 nitrogen and oxygen atoms in total. The molecule has 0 aliphatic rings. The molecule has 0 saturated carbocycles. The van der Waals surface area contributed by atoms with Gasteiger partial charge in [-0.15, -0.1) is 0 Å². The average molecular weight is 145 g/mol. The monoisotopic (exact) mass is 145 g/mol. The first-order valence-corrected chi connectivity index (χ1v) is 3.65. The number of hydrogen-bond donors (Lipinski definition) is 0. The topological polar surface area (TPSA) is 13.1 Å². The summed E-state index contributed by atoms with van der Waals surface area (Å²) in [4.78, 5) is 0. The molecule has 0 saturated heterocycles. The van der Waals surface area contributed by atoms with Crippen molar-refractivity contribution in [1.29, 1.82) is 0 Å². The standard InChI is InChI=1S/C10H9O/c1-7-4-3-5-9-8(2)11-6-10(7)9/h3-5H,1-2H3. The van der Waals surface area contributed by atoms with E-state index in [1.165, 1.54) is 10.9 Å². The predicted octanol–water partition coefficient (Wildman–Crippen LogP) is 2.85. The van der Waals surface area contributed by atoms with Crippen molar-refractivity contribution in [2.75, 3.05) is 0 Å². The second kappa shape index (κ2) is 2.12. The second-order valence-electron chi connectivity index (χ2n) is 2.76. The van der Waals surface area contributed by atoms with Gasteiger partial charge < -0.3 is 4.42 Å². The number of furan rings is 1. The smallest absolute Gasteiger partial charge is 0.178 e. The highest BCUT2D eigenvalue weighted by Crippen LogP contribution is 2.22. The molecule has 2 aromatic rings. The molecule has 55 valence electrons. The van der Waals surface area contributed by atoms with Crippen molar-refractivity contribution in [3.8, 4) is 0 Å². The average Bonchev–Trinajstić information content (AvgIpc) is 2.35. The first-order chi connectivity index (χ1) is 5.29. The quantitative estimate of drug-likeness (QED) is 0.555. The van der Waals surface area contributed by atoms with Crippen molar-refractivity contribution in [3.05, 3.63) is 35.8 Å². The molecule has 1 aromatic heterocycles. The van der Waals surface area contributed by atoms with E-state index in [4.69, 9.17) is 4.42 Å². The van der Waals surface area contributed by atoms with Crippen LogP contribution < -0.4 is 0 Å². The second-order valence-corrected chi connectivity index (χ2v) is 2.76. The Hall–Kier alpha value is -1.24. The van der Waals surface area contributed by atoms with Crippen molar-refractivity contribution < 1.29 is 4.42 Å². The predicted molar refractivity (Wildman–Crippen MR) is 44.5 cm³/mol. The Morgan fingerprint density at radius 1 is 1.27 bits per heavy atom. The molecular weight excluding hydrogens is 136 g/mol. The van der Waals surface area contributed by atoms with Crippen LogP contribution in [0.1, 0.15) is 11.3 Å². The van der Waals surface area contributed by atoms with Crippen LogP contribution in [0.4, 0.5) is 0 Å². The van der Waals surface area contributed by atoms with E-state index in [0.29, 0.717) is 0 Å². The van der Waals surface area contributed by atoms with Gasteiger partial charge in [0.15, 0.2) is 6.26 Å². The Morgan fingerprint density at radius 3 is 2.82 bits per heavy atom. The van der Waals surface area contributed by atoms with Gasteiger partial charge in [0.05, 0.1) is 0 Å². The molecule has 0 fully saturated rings. The van der Waals surface area contributed by atoms with E-state index in [2.05, 4.69) is 25.3 Å². The number of rotatable bonds is 0. The minimum atomic E-state index is 0.948. The number of hydrogen-bond acceptors (Lipinski definition) is 1.